The Kier molecular flexibility index (Phi) is 4.10. The van der Waals surface area contributed by atoms with Crippen LogP contribution in [-0.2, 0) is 0 Å². The van der Waals surface area contributed by atoms with Crippen LogP contribution in [0.2, 0.25) is 10.3 Å². The standard InChI is InChI=1S/C12H17Cl2N3/c1-7-3-4-9(5-8(7)2)15-10-6-11(13)16-17-12(10)14/h6-9H,3-5H2,1-2H3,(H,15,16). The quantitative estimate of drug-likeness (QED) is 0.885. The lowest BCUT2D eigenvalue weighted by atomic mass is 9.79. The normalized spacial score (nSPS) is 29.1. The van der Waals surface area contributed by atoms with Crippen LogP contribution in [0.3, 0.4) is 0 Å². The SMILES string of the molecule is CC1CCC(Nc2cc(Cl)nnc2Cl)CC1C. The predicted octanol–water partition coefficient (Wildman–Crippen LogP) is 4.02. The van der Waals surface area contributed by atoms with Crippen LogP contribution in [0.5, 0.6) is 0 Å². The van der Waals surface area contributed by atoms with Crippen LogP contribution in [0.15, 0.2) is 6.07 Å². The second kappa shape index (κ2) is 5.40. The van der Waals surface area contributed by atoms with Gasteiger partial charge in [-0.2, -0.15) is 0 Å². The predicted molar refractivity (Wildman–Crippen MR) is 71.6 cm³/mol. The molecule has 0 radical (unpaired) electrons. The molecule has 0 bridgehead atoms. The zero-order valence-corrected chi connectivity index (χ0v) is 11.6. The molecule has 0 aromatic carbocycles. The van der Waals surface area contributed by atoms with Gasteiger partial charge in [0.2, 0.25) is 0 Å². The Morgan fingerprint density at radius 1 is 1.18 bits per heavy atom. The highest BCUT2D eigenvalue weighted by Gasteiger charge is 2.24. The summed E-state index contributed by atoms with van der Waals surface area (Å²) < 4.78 is 0. The molecule has 0 amide bonds. The second-order valence-corrected chi connectivity index (χ2v) is 5.73. The van der Waals surface area contributed by atoms with Gasteiger partial charge in [-0.1, -0.05) is 37.0 Å². The largest absolute Gasteiger partial charge is 0.380 e. The molecule has 3 unspecified atom stereocenters. The number of nitrogens with one attached hydrogen (secondary N) is 1. The molecule has 3 atom stereocenters. The second-order valence-electron chi connectivity index (χ2n) is 4.98. The van der Waals surface area contributed by atoms with Gasteiger partial charge in [0, 0.05) is 12.1 Å². The third-order valence-corrected chi connectivity index (χ3v) is 4.14. The number of hydrogen-bond donors (Lipinski definition) is 1. The van der Waals surface area contributed by atoms with Gasteiger partial charge in [0.15, 0.2) is 10.3 Å². The number of hydrogen-bond acceptors (Lipinski definition) is 3. The fraction of sp³-hybridized carbons (Fsp3) is 0.667. The van der Waals surface area contributed by atoms with E-state index in [0.29, 0.717) is 16.3 Å². The third kappa shape index (κ3) is 3.23. The Morgan fingerprint density at radius 2 is 1.94 bits per heavy atom. The molecule has 1 aromatic rings. The Labute approximate surface area is 112 Å². The molecule has 1 heterocycles. The Balaban J connectivity index is 2.03. The van der Waals surface area contributed by atoms with Crippen molar-refractivity contribution in [2.24, 2.45) is 11.8 Å². The Hall–Kier alpha value is -0.540. The maximum absolute atomic E-state index is 5.99. The molecule has 1 aliphatic rings. The van der Waals surface area contributed by atoms with Crippen molar-refractivity contribution in [1.82, 2.24) is 10.2 Å². The van der Waals surface area contributed by atoms with E-state index in [1.54, 1.807) is 6.07 Å². The molecule has 1 aliphatic carbocycles. The van der Waals surface area contributed by atoms with Gasteiger partial charge < -0.3 is 5.32 Å². The molecule has 1 N–H and O–H groups in total. The number of rotatable bonds is 2. The first kappa shape index (κ1) is 12.9. The fourth-order valence-electron chi connectivity index (χ4n) is 2.35. The molecular formula is C12H17Cl2N3. The van der Waals surface area contributed by atoms with Crippen molar-refractivity contribution in [3.05, 3.63) is 16.4 Å². The first-order chi connectivity index (χ1) is 8.06. The van der Waals surface area contributed by atoms with E-state index >= 15 is 0 Å². The smallest absolute Gasteiger partial charge is 0.174 e. The number of anilines is 1. The highest BCUT2D eigenvalue weighted by Crippen LogP contribution is 2.32. The maximum atomic E-state index is 5.99. The monoisotopic (exact) mass is 273 g/mol. The summed E-state index contributed by atoms with van der Waals surface area (Å²) in [5.74, 6) is 1.55. The van der Waals surface area contributed by atoms with E-state index in [1.165, 1.54) is 12.8 Å². The minimum Gasteiger partial charge on any atom is -0.380 e. The van der Waals surface area contributed by atoms with E-state index in [9.17, 15) is 0 Å². The zero-order chi connectivity index (χ0) is 12.4. The average Bonchev–Trinajstić information content (AvgIpc) is 2.29. The van der Waals surface area contributed by atoms with Crippen molar-refractivity contribution in [1.29, 1.82) is 0 Å². The van der Waals surface area contributed by atoms with Crippen LogP contribution >= 0.6 is 23.2 Å². The average molecular weight is 274 g/mol. The molecule has 17 heavy (non-hydrogen) atoms. The van der Waals surface area contributed by atoms with E-state index in [-0.39, 0.29) is 0 Å². The molecule has 0 aliphatic heterocycles. The van der Waals surface area contributed by atoms with Crippen molar-refractivity contribution in [2.45, 2.75) is 39.2 Å². The van der Waals surface area contributed by atoms with Crippen molar-refractivity contribution < 1.29 is 0 Å². The third-order valence-electron chi connectivity index (χ3n) is 3.68. The zero-order valence-electron chi connectivity index (χ0n) is 10.1. The van der Waals surface area contributed by atoms with Crippen LogP contribution in [0.25, 0.3) is 0 Å². The van der Waals surface area contributed by atoms with Crippen molar-refractivity contribution >= 4 is 28.9 Å². The lowest BCUT2D eigenvalue weighted by Gasteiger charge is -2.33. The minimum absolute atomic E-state index is 0.370. The van der Waals surface area contributed by atoms with Gasteiger partial charge in [-0.05, 0) is 31.1 Å². The van der Waals surface area contributed by atoms with Gasteiger partial charge in [-0.3, -0.25) is 0 Å². The number of nitrogens with zero attached hydrogens (tertiary/aromatic N) is 2. The van der Waals surface area contributed by atoms with E-state index in [2.05, 4.69) is 29.4 Å². The number of aromatic nitrogens is 2. The summed E-state index contributed by atoms with van der Waals surface area (Å²) in [6.07, 6.45) is 3.59. The first-order valence-electron chi connectivity index (χ1n) is 6.01. The molecule has 3 nitrogen and oxygen atoms in total. The van der Waals surface area contributed by atoms with Crippen molar-refractivity contribution in [2.75, 3.05) is 5.32 Å². The van der Waals surface area contributed by atoms with Crippen LogP contribution in [0, 0.1) is 11.8 Å². The minimum atomic E-state index is 0.370. The van der Waals surface area contributed by atoms with E-state index in [4.69, 9.17) is 23.2 Å². The summed E-state index contributed by atoms with van der Waals surface area (Å²) in [4.78, 5) is 0. The molecule has 1 aromatic heterocycles. The van der Waals surface area contributed by atoms with Crippen LogP contribution < -0.4 is 5.32 Å². The molecule has 0 spiro atoms. The van der Waals surface area contributed by atoms with Crippen LogP contribution in [0.1, 0.15) is 33.1 Å². The van der Waals surface area contributed by atoms with Gasteiger partial charge in [-0.25, -0.2) is 0 Å². The highest BCUT2D eigenvalue weighted by atomic mass is 35.5. The molecule has 94 valence electrons. The van der Waals surface area contributed by atoms with Gasteiger partial charge in [-0.15, -0.1) is 10.2 Å². The van der Waals surface area contributed by atoms with Crippen LogP contribution in [0.4, 0.5) is 5.69 Å². The Bertz CT molecular complexity index is 397. The molecule has 1 fully saturated rings. The van der Waals surface area contributed by atoms with E-state index in [1.807, 2.05) is 0 Å². The Morgan fingerprint density at radius 3 is 2.65 bits per heavy atom. The molecular weight excluding hydrogens is 257 g/mol. The van der Waals surface area contributed by atoms with Gasteiger partial charge in [0.25, 0.3) is 0 Å². The lowest BCUT2D eigenvalue weighted by Crippen LogP contribution is -2.30. The number of halogens is 2. The summed E-state index contributed by atoms with van der Waals surface area (Å²) in [7, 11) is 0. The van der Waals surface area contributed by atoms with Gasteiger partial charge >= 0.3 is 0 Å². The summed E-state index contributed by atoms with van der Waals surface area (Å²) in [5, 5.41) is 11.7. The van der Waals surface area contributed by atoms with Crippen LogP contribution in [-0.4, -0.2) is 16.2 Å². The van der Waals surface area contributed by atoms with Gasteiger partial charge in [0.1, 0.15) is 0 Å². The first-order valence-corrected chi connectivity index (χ1v) is 6.77. The molecule has 1 saturated carbocycles. The topological polar surface area (TPSA) is 37.8 Å². The van der Waals surface area contributed by atoms with E-state index < -0.39 is 0 Å². The molecule has 5 heteroatoms. The van der Waals surface area contributed by atoms with Gasteiger partial charge in [0.05, 0.1) is 5.69 Å². The lowest BCUT2D eigenvalue weighted by molar-refractivity contribution is 0.261. The highest BCUT2D eigenvalue weighted by molar-refractivity contribution is 6.33. The summed E-state index contributed by atoms with van der Waals surface area (Å²) in [6, 6.07) is 2.19. The fourth-order valence-corrected chi connectivity index (χ4v) is 2.65. The summed E-state index contributed by atoms with van der Waals surface area (Å²) >= 11 is 11.8. The van der Waals surface area contributed by atoms with E-state index in [0.717, 1.165) is 23.9 Å². The summed E-state index contributed by atoms with van der Waals surface area (Å²) in [5.41, 5.74) is 0.790. The maximum Gasteiger partial charge on any atom is 0.174 e. The molecule has 0 saturated heterocycles. The summed E-state index contributed by atoms with van der Waals surface area (Å²) in [6.45, 7) is 4.62. The van der Waals surface area contributed by atoms with Crippen molar-refractivity contribution in [3.63, 3.8) is 0 Å². The van der Waals surface area contributed by atoms with Crippen molar-refractivity contribution in [3.8, 4) is 0 Å². The molecule has 2 rings (SSSR count).